The number of piperidine rings is 1. The fourth-order valence-corrected chi connectivity index (χ4v) is 8.80. The highest BCUT2D eigenvalue weighted by Crippen LogP contribution is 2.32. The van der Waals surface area contributed by atoms with Crippen LogP contribution in [0.1, 0.15) is 108 Å². The van der Waals surface area contributed by atoms with Crippen molar-refractivity contribution in [3.8, 4) is 11.5 Å². The molecule has 3 aromatic carbocycles. The Labute approximate surface area is 439 Å². The SMILES string of the molecule is CN(CCCn1c(CNc2cccc(C(=O)NCc3c(F)cccc3F)c2)nnc1-c1ccncn1)C(=O)CCCCCOCCOCCOCCCCCC(=O)Nc1cccc2c1CN(C1CCC(=O)NC1=O)C2=O. The third-order valence-corrected chi connectivity index (χ3v) is 13.0. The van der Waals surface area contributed by atoms with Crippen molar-refractivity contribution >= 4 is 46.8 Å². The Morgan fingerprint density at radius 2 is 1.51 bits per heavy atom. The monoisotopic (exact) mass is 1050 g/mol. The van der Waals surface area contributed by atoms with E-state index >= 15 is 0 Å². The fraction of sp³-hybridized carbons (Fsp3) is 0.444. The number of benzene rings is 3. The summed E-state index contributed by atoms with van der Waals surface area (Å²) >= 11 is 0. The third-order valence-electron chi connectivity index (χ3n) is 13.0. The van der Waals surface area contributed by atoms with E-state index in [0.29, 0.717) is 124 Å². The molecule has 0 saturated carbocycles. The van der Waals surface area contributed by atoms with E-state index in [0.717, 1.165) is 44.2 Å². The van der Waals surface area contributed by atoms with E-state index in [2.05, 4.69) is 41.4 Å². The summed E-state index contributed by atoms with van der Waals surface area (Å²) in [4.78, 5) is 87.3. The minimum atomic E-state index is -0.736. The Hall–Kier alpha value is -7.56. The molecule has 1 saturated heterocycles. The van der Waals surface area contributed by atoms with Crippen molar-refractivity contribution in [1.29, 1.82) is 0 Å². The molecule has 4 heterocycles. The molecular weight excluding hydrogens is 985 g/mol. The van der Waals surface area contributed by atoms with Crippen molar-refractivity contribution < 1.29 is 51.8 Å². The van der Waals surface area contributed by atoms with Gasteiger partial charge >= 0.3 is 0 Å². The standard InChI is InChI=1S/C54H65F2N11O9/c1-65(24-11-25-66-47(63-64-51(66)45-22-23-57-36-60-45)34-58-38-13-8-12-37(32-38)52(71)59-33-40-42(55)15-10-16-43(40)56)50(70)19-5-3-7-27-75-29-31-76-30-28-74-26-6-2-4-18-48(68)61-44-17-9-14-39-41(44)35-67(54(39)73)46-20-21-49(69)62-53(46)72/h8-10,12-17,22-23,32,36,46,58H,2-7,11,18-21,24-31,33-35H2,1H3,(H,59,71)(H,61,68)(H,62,69,72). The van der Waals surface area contributed by atoms with Crippen molar-refractivity contribution in [1.82, 2.24) is 45.2 Å². The van der Waals surface area contributed by atoms with E-state index in [9.17, 15) is 37.5 Å². The molecule has 5 aromatic rings. The number of ether oxygens (including phenoxy) is 3. The first kappa shape index (κ1) is 56.2. The first-order valence-corrected chi connectivity index (χ1v) is 25.7. The summed E-state index contributed by atoms with van der Waals surface area (Å²) in [7, 11) is 1.80. The van der Waals surface area contributed by atoms with Crippen molar-refractivity contribution in [2.45, 2.75) is 103 Å². The molecule has 76 heavy (non-hydrogen) atoms. The van der Waals surface area contributed by atoms with Crippen LogP contribution in [0.25, 0.3) is 11.5 Å². The molecule has 1 fully saturated rings. The first-order chi connectivity index (χ1) is 37.0. The van der Waals surface area contributed by atoms with Gasteiger partial charge in [-0.05, 0) is 87.1 Å². The molecule has 1 unspecified atom stereocenters. The van der Waals surface area contributed by atoms with Gasteiger partial charge in [0.1, 0.15) is 29.7 Å². The lowest BCUT2D eigenvalue weighted by Crippen LogP contribution is -2.52. The second-order valence-corrected chi connectivity index (χ2v) is 18.4. The molecule has 2 aliphatic heterocycles. The van der Waals surface area contributed by atoms with Crippen LogP contribution in [-0.2, 0) is 59.6 Å². The second-order valence-electron chi connectivity index (χ2n) is 18.4. The number of fused-ring (bicyclic) bond motifs is 1. The van der Waals surface area contributed by atoms with Gasteiger partial charge in [-0.25, -0.2) is 18.7 Å². The van der Waals surface area contributed by atoms with Crippen LogP contribution in [0.3, 0.4) is 0 Å². The Balaban J connectivity index is 0.695. The molecule has 7 rings (SSSR count). The maximum atomic E-state index is 14.1. The summed E-state index contributed by atoms with van der Waals surface area (Å²) in [6, 6.07) is 16.4. The fourth-order valence-electron chi connectivity index (χ4n) is 8.80. The summed E-state index contributed by atoms with van der Waals surface area (Å²) in [5, 5.41) is 19.9. The lowest BCUT2D eigenvalue weighted by molar-refractivity contribution is -0.137. The number of anilines is 2. The predicted molar refractivity (Wildman–Crippen MR) is 275 cm³/mol. The number of hydrogen-bond donors (Lipinski definition) is 4. The topological polar surface area (TPSA) is 241 Å². The van der Waals surface area contributed by atoms with Crippen LogP contribution >= 0.6 is 0 Å². The first-order valence-electron chi connectivity index (χ1n) is 25.7. The zero-order valence-electron chi connectivity index (χ0n) is 42.7. The van der Waals surface area contributed by atoms with Gasteiger partial charge in [-0.15, -0.1) is 10.2 Å². The summed E-state index contributed by atoms with van der Waals surface area (Å²) < 4.78 is 47.1. The highest BCUT2D eigenvalue weighted by molar-refractivity contribution is 6.06. The number of hydrogen-bond acceptors (Lipinski definition) is 14. The van der Waals surface area contributed by atoms with Gasteiger partial charge in [0.05, 0.1) is 33.0 Å². The van der Waals surface area contributed by atoms with Crippen LogP contribution in [-0.4, -0.2) is 129 Å². The summed E-state index contributed by atoms with van der Waals surface area (Å²) in [5.74, 6) is -2.01. The normalized spacial score (nSPS) is 14.1. The van der Waals surface area contributed by atoms with Gasteiger partial charge in [-0.3, -0.25) is 34.1 Å². The van der Waals surface area contributed by atoms with Crippen LogP contribution < -0.4 is 21.3 Å². The van der Waals surface area contributed by atoms with Gasteiger partial charge in [-0.1, -0.05) is 31.0 Å². The summed E-state index contributed by atoms with van der Waals surface area (Å²) in [5.41, 5.74) is 2.97. The van der Waals surface area contributed by atoms with Crippen LogP contribution in [0.5, 0.6) is 0 Å². The molecule has 404 valence electrons. The van der Waals surface area contributed by atoms with E-state index in [1.165, 1.54) is 17.3 Å². The second kappa shape index (κ2) is 28.9. The predicted octanol–water partition coefficient (Wildman–Crippen LogP) is 5.97. The Morgan fingerprint density at radius 1 is 0.803 bits per heavy atom. The molecule has 1 atom stereocenters. The Bertz CT molecular complexity index is 2760. The number of carbonyl (C=O) groups excluding carboxylic acids is 6. The smallest absolute Gasteiger partial charge is 0.255 e. The highest BCUT2D eigenvalue weighted by Gasteiger charge is 2.40. The molecule has 20 nitrogen and oxygen atoms in total. The number of carbonyl (C=O) groups is 6. The molecule has 0 spiro atoms. The maximum Gasteiger partial charge on any atom is 0.255 e. The molecule has 0 radical (unpaired) electrons. The Morgan fingerprint density at radius 3 is 2.24 bits per heavy atom. The van der Waals surface area contributed by atoms with E-state index < -0.39 is 29.5 Å². The van der Waals surface area contributed by atoms with Crippen LogP contribution in [0.4, 0.5) is 20.2 Å². The van der Waals surface area contributed by atoms with Gasteiger partial charge in [0.15, 0.2) is 11.6 Å². The van der Waals surface area contributed by atoms with Gasteiger partial charge in [-0.2, -0.15) is 0 Å². The van der Waals surface area contributed by atoms with E-state index in [1.807, 2.05) is 4.57 Å². The molecule has 22 heteroatoms. The maximum absolute atomic E-state index is 14.1. The molecule has 2 aromatic heterocycles. The zero-order chi connectivity index (χ0) is 53.7. The summed E-state index contributed by atoms with van der Waals surface area (Å²) in [6.07, 6.45) is 9.57. The number of rotatable bonds is 31. The number of halogens is 2. The molecule has 4 N–H and O–H groups in total. The Kier molecular flexibility index (Phi) is 21.4. The zero-order valence-corrected chi connectivity index (χ0v) is 42.7. The van der Waals surface area contributed by atoms with Gasteiger partial charge in [0.25, 0.3) is 11.8 Å². The lowest BCUT2D eigenvalue weighted by Gasteiger charge is -2.29. The third kappa shape index (κ3) is 16.2. The van der Waals surface area contributed by atoms with E-state index in [1.54, 1.807) is 66.7 Å². The molecular formula is C54H65F2N11O9. The van der Waals surface area contributed by atoms with Gasteiger partial charge < -0.3 is 44.5 Å². The van der Waals surface area contributed by atoms with E-state index in [4.69, 9.17) is 14.2 Å². The minimum absolute atomic E-state index is 0.0550. The van der Waals surface area contributed by atoms with Gasteiger partial charge in [0.2, 0.25) is 23.6 Å². The minimum Gasteiger partial charge on any atom is -0.379 e. The average Bonchev–Trinajstić information content (AvgIpc) is 3.99. The number of unbranched alkanes of at least 4 members (excludes halogenated alkanes) is 4. The van der Waals surface area contributed by atoms with Crippen LogP contribution in [0.2, 0.25) is 0 Å². The number of amides is 6. The highest BCUT2D eigenvalue weighted by atomic mass is 19.1. The number of aromatic nitrogens is 5. The number of nitrogens with one attached hydrogen (secondary N) is 4. The van der Waals surface area contributed by atoms with Crippen molar-refractivity contribution in [2.24, 2.45) is 0 Å². The van der Waals surface area contributed by atoms with Gasteiger partial charge in [0, 0.05) is 106 Å². The number of imide groups is 1. The number of nitrogens with zero attached hydrogens (tertiary/aromatic N) is 7. The average molecular weight is 1050 g/mol. The van der Waals surface area contributed by atoms with Crippen LogP contribution in [0.15, 0.2) is 79.3 Å². The molecule has 0 bridgehead atoms. The molecule has 0 aliphatic carbocycles. The van der Waals surface area contributed by atoms with Crippen molar-refractivity contribution in [3.63, 3.8) is 0 Å². The molecule has 6 amide bonds. The van der Waals surface area contributed by atoms with E-state index in [-0.39, 0.29) is 61.7 Å². The summed E-state index contributed by atoms with van der Waals surface area (Å²) in [6.45, 7) is 4.08. The lowest BCUT2D eigenvalue weighted by atomic mass is 10.0. The quantitative estimate of drug-likeness (QED) is 0.0295. The van der Waals surface area contributed by atoms with Crippen LogP contribution in [0, 0.1) is 11.6 Å². The van der Waals surface area contributed by atoms with Crippen molar-refractivity contribution in [3.05, 3.63) is 119 Å². The largest absolute Gasteiger partial charge is 0.379 e. The van der Waals surface area contributed by atoms with Crippen molar-refractivity contribution in [2.75, 3.05) is 63.9 Å². The molecule has 2 aliphatic rings.